The second kappa shape index (κ2) is 6.33. The van der Waals surface area contributed by atoms with Gasteiger partial charge in [0.2, 0.25) is 0 Å². The average molecular weight is 242 g/mol. The number of hydrogen-bond acceptors (Lipinski definition) is 4. The maximum Gasteiger partial charge on any atom is 0.125 e. The van der Waals surface area contributed by atoms with Crippen molar-refractivity contribution in [2.24, 2.45) is 0 Å². The summed E-state index contributed by atoms with van der Waals surface area (Å²) < 4.78 is 5.67. The molecule has 1 heterocycles. The van der Waals surface area contributed by atoms with Crippen molar-refractivity contribution in [3.63, 3.8) is 0 Å². The minimum Gasteiger partial charge on any atom is -0.371 e. The van der Waals surface area contributed by atoms with E-state index in [4.69, 9.17) is 4.74 Å². The third-order valence-corrected chi connectivity index (χ3v) is 4.11. The highest BCUT2D eigenvalue weighted by molar-refractivity contribution is 7.09. The van der Waals surface area contributed by atoms with E-state index in [9.17, 15) is 0 Å². The van der Waals surface area contributed by atoms with Gasteiger partial charge in [-0.3, -0.25) is 0 Å². The van der Waals surface area contributed by atoms with Crippen molar-refractivity contribution in [3.8, 4) is 0 Å². The number of rotatable bonds is 7. The third kappa shape index (κ3) is 2.81. The molecule has 0 aliphatic heterocycles. The Morgan fingerprint density at radius 1 is 1.38 bits per heavy atom. The minimum absolute atomic E-state index is 0.185. The van der Waals surface area contributed by atoms with Crippen molar-refractivity contribution >= 4 is 11.3 Å². The van der Waals surface area contributed by atoms with Crippen LogP contribution < -0.4 is 5.32 Å². The van der Waals surface area contributed by atoms with Crippen molar-refractivity contribution in [1.29, 1.82) is 0 Å². The molecule has 0 aliphatic carbocycles. The van der Waals surface area contributed by atoms with E-state index in [0.29, 0.717) is 0 Å². The van der Waals surface area contributed by atoms with Crippen LogP contribution in [0.1, 0.15) is 44.3 Å². The first kappa shape index (κ1) is 13.6. The van der Waals surface area contributed by atoms with Gasteiger partial charge in [-0.2, -0.15) is 0 Å². The van der Waals surface area contributed by atoms with Crippen molar-refractivity contribution in [3.05, 3.63) is 16.1 Å². The zero-order chi connectivity index (χ0) is 12.0. The van der Waals surface area contributed by atoms with Crippen LogP contribution in [0, 0.1) is 0 Å². The van der Waals surface area contributed by atoms with Gasteiger partial charge in [0, 0.05) is 19.0 Å². The van der Waals surface area contributed by atoms with E-state index in [1.54, 1.807) is 18.4 Å². The van der Waals surface area contributed by atoms with Gasteiger partial charge in [-0.05, 0) is 19.4 Å². The summed E-state index contributed by atoms with van der Waals surface area (Å²) in [6.07, 6.45) is 1.93. The first-order valence-electron chi connectivity index (χ1n) is 5.93. The van der Waals surface area contributed by atoms with Crippen LogP contribution in [0.2, 0.25) is 0 Å². The summed E-state index contributed by atoms with van der Waals surface area (Å²) in [5.41, 5.74) is 0.931. The third-order valence-electron chi connectivity index (χ3n) is 3.03. The molecule has 0 saturated carbocycles. The maximum atomic E-state index is 5.67. The van der Waals surface area contributed by atoms with Crippen molar-refractivity contribution in [2.75, 3.05) is 13.7 Å². The second-order valence-corrected chi connectivity index (χ2v) is 4.69. The van der Waals surface area contributed by atoms with Gasteiger partial charge in [-0.25, -0.2) is 4.98 Å². The highest BCUT2D eigenvalue weighted by atomic mass is 32.1. The second-order valence-electron chi connectivity index (χ2n) is 3.83. The fourth-order valence-electron chi connectivity index (χ4n) is 1.78. The summed E-state index contributed by atoms with van der Waals surface area (Å²) in [4.78, 5) is 4.66. The van der Waals surface area contributed by atoms with E-state index in [1.165, 1.54) is 0 Å². The molecule has 0 radical (unpaired) electrons. The van der Waals surface area contributed by atoms with Crippen LogP contribution in [0.25, 0.3) is 0 Å². The Morgan fingerprint density at radius 3 is 2.56 bits per heavy atom. The summed E-state index contributed by atoms with van der Waals surface area (Å²) in [6, 6.07) is 0. The van der Waals surface area contributed by atoms with E-state index in [-0.39, 0.29) is 5.60 Å². The molecule has 1 aromatic heterocycles. The van der Waals surface area contributed by atoms with E-state index in [1.807, 2.05) is 0 Å². The Balaban J connectivity index is 2.81. The molecule has 92 valence electrons. The highest BCUT2D eigenvalue weighted by Gasteiger charge is 2.31. The maximum absolute atomic E-state index is 5.67. The minimum atomic E-state index is -0.185. The van der Waals surface area contributed by atoms with E-state index >= 15 is 0 Å². The van der Waals surface area contributed by atoms with Gasteiger partial charge >= 0.3 is 0 Å². The Labute approximate surface area is 102 Å². The van der Waals surface area contributed by atoms with E-state index in [0.717, 1.165) is 36.6 Å². The van der Waals surface area contributed by atoms with Crippen molar-refractivity contribution < 1.29 is 4.74 Å². The number of aromatic nitrogens is 1. The molecule has 3 nitrogen and oxygen atoms in total. The standard InChI is InChI=1S/C12H22N2OS/c1-5-12(6-2,15-4)11-14-10(9-16-11)8-13-7-3/h9,13H,5-8H2,1-4H3. The molecule has 4 heteroatoms. The number of hydrogen-bond donors (Lipinski definition) is 1. The number of nitrogens with zero attached hydrogens (tertiary/aromatic N) is 1. The van der Waals surface area contributed by atoms with Crippen LogP contribution >= 0.6 is 11.3 Å². The lowest BCUT2D eigenvalue weighted by Crippen LogP contribution is -2.26. The van der Waals surface area contributed by atoms with Crippen LogP contribution in [0.5, 0.6) is 0 Å². The molecule has 0 aliphatic rings. The molecule has 0 fully saturated rings. The lowest BCUT2D eigenvalue weighted by Gasteiger charge is -2.27. The first-order chi connectivity index (χ1) is 7.72. The van der Waals surface area contributed by atoms with Crippen LogP contribution in [0.4, 0.5) is 0 Å². The number of methoxy groups -OCH3 is 1. The molecule has 0 bridgehead atoms. The van der Waals surface area contributed by atoms with Crippen molar-refractivity contribution in [2.45, 2.75) is 45.8 Å². The molecule has 0 spiro atoms. The van der Waals surface area contributed by atoms with Gasteiger partial charge in [0.05, 0.1) is 5.69 Å². The lowest BCUT2D eigenvalue weighted by molar-refractivity contribution is -0.0219. The van der Waals surface area contributed by atoms with Crippen molar-refractivity contribution in [1.82, 2.24) is 10.3 Å². The van der Waals surface area contributed by atoms with Gasteiger partial charge in [0.15, 0.2) is 0 Å². The zero-order valence-electron chi connectivity index (χ0n) is 10.7. The molecule has 1 rings (SSSR count). The lowest BCUT2D eigenvalue weighted by atomic mass is 9.98. The average Bonchev–Trinajstić information content (AvgIpc) is 2.79. The predicted octanol–water partition coefficient (Wildman–Crippen LogP) is 2.91. The Hall–Kier alpha value is -0.450. The summed E-state index contributed by atoms with van der Waals surface area (Å²) >= 11 is 1.70. The predicted molar refractivity (Wildman–Crippen MR) is 68.8 cm³/mol. The molecule has 0 saturated heterocycles. The number of ether oxygens (including phenoxy) is 1. The SMILES string of the molecule is CCNCc1csc(C(CC)(CC)OC)n1. The van der Waals surface area contributed by atoms with Gasteiger partial charge in [-0.15, -0.1) is 11.3 Å². The molecule has 1 aromatic rings. The zero-order valence-corrected chi connectivity index (χ0v) is 11.5. The summed E-state index contributed by atoms with van der Waals surface area (Å²) in [7, 11) is 1.78. The molecule has 0 unspecified atom stereocenters. The molecular weight excluding hydrogens is 220 g/mol. The largest absolute Gasteiger partial charge is 0.371 e. The Morgan fingerprint density at radius 2 is 2.06 bits per heavy atom. The molecule has 1 N–H and O–H groups in total. The van der Waals surface area contributed by atoms with Gasteiger partial charge in [0.1, 0.15) is 10.6 Å². The van der Waals surface area contributed by atoms with Crippen LogP contribution in [-0.2, 0) is 16.9 Å². The van der Waals surface area contributed by atoms with E-state index < -0.39 is 0 Å². The smallest absolute Gasteiger partial charge is 0.125 e. The van der Waals surface area contributed by atoms with Crippen LogP contribution in [-0.4, -0.2) is 18.6 Å². The summed E-state index contributed by atoms with van der Waals surface area (Å²) in [5.74, 6) is 0. The van der Waals surface area contributed by atoms with Gasteiger partial charge in [-0.1, -0.05) is 20.8 Å². The fourth-order valence-corrected chi connectivity index (χ4v) is 2.92. The Bertz CT molecular complexity index is 299. The van der Waals surface area contributed by atoms with Gasteiger partial charge in [0.25, 0.3) is 0 Å². The number of nitrogens with one attached hydrogen (secondary N) is 1. The molecule has 0 amide bonds. The van der Waals surface area contributed by atoms with Gasteiger partial charge < -0.3 is 10.1 Å². The molecule has 0 atom stereocenters. The fraction of sp³-hybridized carbons (Fsp3) is 0.750. The normalized spacial score (nSPS) is 12.0. The summed E-state index contributed by atoms with van der Waals surface area (Å²) in [5, 5.41) is 6.51. The number of thiazole rings is 1. The first-order valence-corrected chi connectivity index (χ1v) is 6.81. The van der Waals surface area contributed by atoms with Crippen LogP contribution in [0.3, 0.4) is 0 Å². The van der Waals surface area contributed by atoms with Crippen LogP contribution in [0.15, 0.2) is 5.38 Å². The topological polar surface area (TPSA) is 34.1 Å². The Kier molecular flexibility index (Phi) is 5.38. The molecular formula is C12H22N2OS. The van der Waals surface area contributed by atoms with E-state index in [2.05, 4.69) is 36.5 Å². The molecule has 16 heavy (non-hydrogen) atoms. The molecule has 0 aromatic carbocycles. The monoisotopic (exact) mass is 242 g/mol. The summed E-state index contributed by atoms with van der Waals surface area (Å²) in [6.45, 7) is 8.23. The quantitative estimate of drug-likeness (QED) is 0.798. The highest BCUT2D eigenvalue weighted by Crippen LogP contribution is 2.34.